The minimum atomic E-state index is -1.82. The van der Waals surface area contributed by atoms with Crippen LogP contribution in [-0.4, -0.2) is 180 Å². The van der Waals surface area contributed by atoms with Crippen molar-refractivity contribution in [2.24, 2.45) is 45.3 Å². The molecule has 0 aromatic carbocycles. The predicted molar refractivity (Wildman–Crippen MR) is 228 cm³/mol. The van der Waals surface area contributed by atoms with Gasteiger partial charge in [-0.2, -0.15) is 0 Å². The zero-order valence-electron chi connectivity index (χ0n) is 39.0. The number of hydrogen-bond acceptors (Lipinski definition) is 17. The number of rotatable bonds is 12. The molecule has 0 aromatic heterocycles. The van der Waals surface area contributed by atoms with E-state index in [-0.39, 0.29) is 46.5 Å². The molecule has 0 aromatic rings. The number of ether oxygens (including phenoxy) is 6. The van der Waals surface area contributed by atoms with Crippen molar-refractivity contribution in [2.45, 2.75) is 217 Å². The maximum atomic E-state index is 12.3. The fraction of sp³-hybridized carbons (Fsp3) is 0.957. The molecule has 7 aliphatic rings. The van der Waals surface area contributed by atoms with E-state index in [1.54, 1.807) is 0 Å². The summed E-state index contributed by atoms with van der Waals surface area (Å²) in [6.07, 6.45) is -13.9. The summed E-state index contributed by atoms with van der Waals surface area (Å²) in [5, 5.41) is 120. The highest BCUT2D eigenvalue weighted by Gasteiger charge is 2.71. The summed E-state index contributed by atoms with van der Waals surface area (Å²) in [4.78, 5) is 0. The summed E-state index contributed by atoms with van der Waals surface area (Å²) in [7, 11) is 0. The van der Waals surface area contributed by atoms with E-state index in [0.717, 1.165) is 38.5 Å². The Morgan fingerprint density at radius 1 is 0.688 bits per heavy atom. The van der Waals surface area contributed by atoms with Crippen LogP contribution in [0.15, 0.2) is 11.6 Å². The van der Waals surface area contributed by atoms with Gasteiger partial charge >= 0.3 is 0 Å². The van der Waals surface area contributed by atoms with Crippen molar-refractivity contribution in [1.29, 1.82) is 0 Å². The van der Waals surface area contributed by atoms with E-state index in [0.29, 0.717) is 19.3 Å². The molecule has 7 fully saturated rings. The van der Waals surface area contributed by atoms with E-state index in [2.05, 4.69) is 54.5 Å². The Bertz CT molecular complexity index is 1620. The van der Waals surface area contributed by atoms with Gasteiger partial charge in [-0.15, -0.1) is 0 Å². The first kappa shape index (κ1) is 50.9. The minimum Gasteiger partial charge on any atom is -0.394 e. The first-order valence-electron chi connectivity index (χ1n) is 23.8. The summed E-state index contributed by atoms with van der Waals surface area (Å²) in [6.45, 7) is 16.1. The number of aliphatic hydroxyl groups is 11. The number of allylic oxidation sites excluding steroid dienone is 2. The number of aliphatic hydroxyl groups excluding tert-OH is 10. The molecule has 0 radical (unpaired) electrons. The summed E-state index contributed by atoms with van der Waals surface area (Å²) in [6, 6.07) is 0. The number of hydrogen-bond donors (Lipinski definition) is 11. The summed E-state index contributed by atoms with van der Waals surface area (Å²) in [5.74, 6) is 0.241. The van der Waals surface area contributed by atoms with Crippen molar-refractivity contribution >= 4 is 0 Å². The van der Waals surface area contributed by atoms with E-state index in [9.17, 15) is 56.2 Å². The van der Waals surface area contributed by atoms with Crippen LogP contribution in [0.3, 0.4) is 0 Å². The van der Waals surface area contributed by atoms with Gasteiger partial charge in [0.15, 0.2) is 18.9 Å². The summed E-state index contributed by atoms with van der Waals surface area (Å²) in [5.41, 5.74) is -0.714. The van der Waals surface area contributed by atoms with Gasteiger partial charge in [0.2, 0.25) is 0 Å². The molecular formula is C47H80O17. The Morgan fingerprint density at radius 3 is 2.00 bits per heavy atom. The highest BCUT2D eigenvalue weighted by Crippen LogP contribution is 2.76. The van der Waals surface area contributed by atoms with Crippen LogP contribution in [0.5, 0.6) is 0 Å². The van der Waals surface area contributed by atoms with Crippen molar-refractivity contribution in [3.05, 3.63) is 11.6 Å². The average molecular weight is 917 g/mol. The molecule has 3 aliphatic heterocycles. The molecule has 17 heteroatoms. The number of fused-ring (bicyclic) bond motifs is 5. The van der Waals surface area contributed by atoms with Crippen molar-refractivity contribution in [3.63, 3.8) is 0 Å². The molecule has 11 N–H and O–H groups in total. The lowest BCUT2D eigenvalue weighted by molar-refractivity contribution is -0.382. The first-order chi connectivity index (χ1) is 29.8. The standard InChI is InChI=1S/C47H80O17/c1-22(2)10-9-14-47(8,58)23-11-16-46(7)31(23)24(49)18-29-44(5)15-13-30(43(3,4)28(44)12-17-45(29,46)6)63-42-39(64-41-38(57)35(54)33(52)26(19-48)61-41)36(55)34(53)27(62-42)21-60-40-37(56)32(51)25(50)20-59-40/h10,23-42,48-58H,9,11-21H2,1-8H3/t23?,24-,25-,26-,27-,28+,29-,30+,31+,32+,33-,34-,35+,36+,37-,38-,39-,40+,41+,42+,44+,45-,46-,47?/m1/s1. The lowest BCUT2D eigenvalue weighted by Crippen LogP contribution is -2.68. The van der Waals surface area contributed by atoms with Gasteiger partial charge in [0.1, 0.15) is 67.1 Å². The third-order valence-corrected chi connectivity index (χ3v) is 18.3. The van der Waals surface area contributed by atoms with Crippen LogP contribution in [0.2, 0.25) is 0 Å². The molecule has 370 valence electrons. The maximum Gasteiger partial charge on any atom is 0.187 e. The van der Waals surface area contributed by atoms with E-state index in [1.807, 2.05) is 6.92 Å². The second-order valence-corrected chi connectivity index (χ2v) is 22.5. The fourth-order valence-corrected chi connectivity index (χ4v) is 14.4. The van der Waals surface area contributed by atoms with Crippen LogP contribution >= 0.6 is 0 Å². The van der Waals surface area contributed by atoms with Crippen LogP contribution in [0.4, 0.5) is 0 Å². The summed E-state index contributed by atoms with van der Waals surface area (Å²) >= 11 is 0. The quantitative estimate of drug-likeness (QED) is 0.0946. The Kier molecular flexibility index (Phi) is 14.9. The SMILES string of the molecule is CC(C)=CCCC(C)(O)C1CC[C@]2(C)[C@@H]1[C@H](O)C[C@@H]1[C@@]3(C)CC[C@H](O[C@@H]4O[C@H](CO[C@@H]5OC[C@@H](O)[C@H](O)[C@H]5O)[C@@H](O)[C@H](O)[C@H]4O[C@@H]4O[C@H](CO)[C@@H](O)[C@H](O)[C@H]4O)C(C)(C)[C@@H]3CC[C@]12C. The van der Waals surface area contributed by atoms with E-state index in [4.69, 9.17) is 28.4 Å². The second-order valence-electron chi connectivity index (χ2n) is 22.5. The molecule has 0 bridgehead atoms. The topological polar surface area (TPSA) is 278 Å². The van der Waals surface area contributed by atoms with E-state index >= 15 is 0 Å². The lowest BCUT2D eigenvalue weighted by atomic mass is 9.35. The van der Waals surface area contributed by atoms with Crippen molar-refractivity contribution < 1.29 is 84.6 Å². The molecule has 24 atom stereocenters. The Morgan fingerprint density at radius 2 is 1.33 bits per heavy atom. The van der Waals surface area contributed by atoms with Crippen LogP contribution in [0.1, 0.15) is 113 Å². The van der Waals surface area contributed by atoms with Gasteiger partial charge in [0.25, 0.3) is 0 Å². The highest BCUT2D eigenvalue weighted by molar-refractivity contribution is 5.20. The van der Waals surface area contributed by atoms with Gasteiger partial charge in [0, 0.05) is 0 Å². The van der Waals surface area contributed by atoms with Gasteiger partial charge < -0.3 is 84.6 Å². The molecular weight excluding hydrogens is 836 g/mol. The minimum absolute atomic E-state index is 0.0153. The van der Waals surface area contributed by atoms with Crippen LogP contribution in [0, 0.1) is 45.3 Å². The summed E-state index contributed by atoms with van der Waals surface area (Å²) < 4.78 is 36.1. The highest BCUT2D eigenvalue weighted by atomic mass is 16.8. The average Bonchev–Trinajstić information content (AvgIpc) is 3.62. The van der Waals surface area contributed by atoms with Crippen molar-refractivity contribution in [1.82, 2.24) is 0 Å². The maximum absolute atomic E-state index is 12.3. The Balaban J connectivity index is 1.12. The zero-order chi connectivity index (χ0) is 47.1. The lowest BCUT2D eigenvalue weighted by Gasteiger charge is -2.70. The predicted octanol–water partition coefficient (Wildman–Crippen LogP) is 0.612. The molecule has 7 rings (SSSR count). The molecule has 0 amide bonds. The normalized spacial score (nSPS) is 52.5. The van der Waals surface area contributed by atoms with Crippen molar-refractivity contribution in [3.8, 4) is 0 Å². The van der Waals surface area contributed by atoms with Crippen molar-refractivity contribution in [2.75, 3.05) is 19.8 Å². The molecule has 0 spiro atoms. The smallest absolute Gasteiger partial charge is 0.187 e. The molecule has 17 nitrogen and oxygen atoms in total. The first-order valence-corrected chi connectivity index (χ1v) is 23.8. The molecule has 4 saturated carbocycles. The monoisotopic (exact) mass is 917 g/mol. The van der Waals surface area contributed by atoms with E-state index < -0.39 is 122 Å². The van der Waals surface area contributed by atoms with E-state index in [1.165, 1.54) is 5.57 Å². The van der Waals surface area contributed by atoms with Crippen LogP contribution < -0.4 is 0 Å². The molecule has 2 unspecified atom stereocenters. The third kappa shape index (κ3) is 8.71. The van der Waals surface area contributed by atoms with Gasteiger partial charge in [-0.3, -0.25) is 0 Å². The molecule has 64 heavy (non-hydrogen) atoms. The largest absolute Gasteiger partial charge is 0.394 e. The van der Waals surface area contributed by atoms with Gasteiger partial charge in [-0.05, 0) is 124 Å². The molecule has 3 heterocycles. The molecule has 3 saturated heterocycles. The third-order valence-electron chi connectivity index (χ3n) is 18.3. The Labute approximate surface area is 377 Å². The second kappa shape index (κ2) is 18.8. The van der Waals surface area contributed by atoms with Gasteiger partial charge in [-0.25, -0.2) is 0 Å². The fourth-order valence-electron chi connectivity index (χ4n) is 14.4. The van der Waals surface area contributed by atoms with Gasteiger partial charge in [0.05, 0.1) is 37.6 Å². The molecule has 4 aliphatic carbocycles. The van der Waals surface area contributed by atoms with Gasteiger partial charge in [-0.1, -0.05) is 46.3 Å². The van der Waals surface area contributed by atoms with Crippen LogP contribution in [-0.2, 0) is 28.4 Å². The van der Waals surface area contributed by atoms with Crippen LogP contribution in [0.25, 0.3) is 0 Å². The Hall–Kier alpha value is -0.940. The zero-order valence-corrected chi connectivity index (χ0v) is 39.0.